The molecular weight excluding hydrogens is 435 g/mol. The number of aryl methyl sites for hydroxylation is 1. The van der Waals surface area contributed by atoms with Crippen LogP contribution < -0.4 is 10.6 Å². The molecule has 2 unspecified atom stereocenters. The van der Waals surface area contributed by atoms with Crippen molar-refractivity contribution in [2.75, 3.05) is 26.7 Å². The second-order valence-corrected chi connectivity index (χ2v) is 8.13. The second-order valence-electron chi connectivity index (χ2n) is 8.13. The van der Waals surface area contributed by atoms with Gasteiger partial charge in [0, 0.05) is 44.7 Å². The molecule has 1 aliphatic heterocycles. The number of rotatable bonds is 5. The molecule has 2 fully saturated rings. The molecule has 2 N–H and O–H groups in total. The standard InChI is InChI=1S/C21H34N4.HI/c1-15(2)14-25-11-9-17(10-12-25)23-21(22-4)24-20-13-19(20)18-8-6-5-7-16(18)3;/h5-8,15,17,19-20H,9-14H2,1-4H3,(H2,22,23,24);1H. The van der Waals surface area contributed by atoms with E-state index >= 15 is 0 Å². The molecule has 3 rings (SSSR count). The number of hydrogen-bond acceptors (Lipinski definition) is 2. The van der Waals surface area contributed by atoms with E-state index in [1.165, 1.54) is 50.0 Å². The number of nitrogens with zero attached hydrogens (tertiary/aromatic N) is 2. The Bertz CT molecular complexity index is 593. The maximum absolute atomic E-state index is 4.46. The maximum Gasteiger partial charge on any atom is 0.191 e. The molecule has 146 valence electrons. The Balaban J connectivity index is 0.00000243. The van der Waals surface area contributed by atoms with Gasteiger partial charge in [-0.1, -0.05) is 38.1 Å². The van der Waals surface area contributed by atoms with Gasteiger partial charge >= 0.3 is 0 Å². The number of aliphatic imine (C=N–C) groups is 1. The van der Waals surface area contributed by atoms with E-state index < -0.39 is 0 Å². The van der Waals surface area contributed by atoms with Crippen LogP contribution in [0, 0.1) is 12.8 Å². The lowest BCUT2D eigenvalue weighted by Gasteiger charge is -2.34. The van der Waals surface area contributed by atoms with E-state index in [0.717, 1.165) is 11.9 Å². The number of piperidine rings is 1. The molecule has 1 aromatic rings. The van der Waals surface area contributed by atoms with Crippen LogP contribution in [0.2, 0.25) is 0 Å². The lowest BCUT2D eigenvalue weighted by Crippen LogP contribution is -2.49. The molecule has 1 aliphatic carbocycles. The molecule has 0 spiro atoms. The fourth-order valence-corrected chi connectivity index (χ4v) is 4.02. The molecule has 0 amide bonds. The van der Waals surface area contributed by atoms with Gasteiger partial charge in [0.05, 0.1) is 0 Å². The molecule has 0 bridgehead atoms. The Morgan fingerprint density at radius 3 is 2.50 bits per heavy atom. The van der Waals surface area contributed by atoms with Gasteiger partial charge < -0.3 is 15.5 Å². The molecule has 1 saturated heterocycles. The molecule has 2 atom stereocenters. The Morgan fingerprint density at radius 1 is 1.19 bits per heavy atom. The maximum atomic E-state index is 4.46. The van der Waals surface area contributed by atoms with E-state index in [-0.39, 0.29) is 24.0 Å². The summed E-state index contributed by atoms with van der Waals surface area (Å²) in [5.41, 5.74) is 2.88. The summed E-state index contributed by atoms with van der Waals surface area (Å²) in [6, 6.07) is 9.81. The minimum atomic E-state index is 0. The summed E-state index contributed by atoms with van der Waals surface area (Å²) in [4.78, 5) is 7.05. The first-order valence-electron chi connectivity index (χ1n) is 9.84. The number of nitrogens with one attached hydrogen (secondary N) is 2. The highest BCUT2D eigenvalue weighted by atomic mass is 127. The van der Waals surface area contributed by atoms with Crippen LogP contribution in [0.4, 0.5) is 0 Å². The van der Waals surface area contributed by atoms with Gasteiger partial charge in [0.2, 0.25) is 0 Å². The summed E-state index contributed by atoms with van der Waals surface area (Å²) in [6.07, 6.45) is 3.62. The predicted molar refractivity (Wildman–Crippen MR) is 122 cm³/mol. The van der Waals surface area contributed by atoms with Gasteiger partial charge in [0.1, 0.15) is 0 Å². The van der Waals surface area contributed by atoms with Crippen LogP contribution in [0.1, 0.15) is 50.2 Å². The van der Waals surface area contributed by atoms with Gasteiger partial charge in [-0.2, -0.15) is 0 Å². The van der Waals surface area contributed by atoms with Crippen LogP contribution in [0.3, 0.4) is 0 Å². The molecule has 1 saturated carbocycles. The van der Waals surface area contributed by atoms with Gasteiger partial charge in [-0.3, -0.25) is 4.99 Å². The largest absolute Gasteiger partial charge is 0.354 e. The van der Waals surface area contributed by atoms with Crippen LogP contribution in [0.5, 0.6) is 0 Å². The third kappa shape index (κ3) is 5.84. The molecule has 0 aromatic heterocycles. The molecule has 2 aliphatic rings. The van der Waals surface area contributed by atoms with Crippen molar-refractivity contribution in [2.24, 2.45) is 10.9 Å². The van der Waals surface area contributed by atoms with E-state index in [1.807, 2.05) is 7.05 Å². The molecule has 0 radical (unpaired) electrons. The number of halogens is 1. The molecular formula is C21H35IN4. The van der Waals surface area contributed by atoms with Crippen LogP contribution in [0.25, 0.3) is 0 Å². The molecule has 1 heterocycles. The minimum absolute atomic E-state index is 0. The highest BCUT2D eigenvalue weighted by Crippen LogP contribution is 2.42. The summed E-state index contributed by atoms with van der Waals surface area (Å²) in [5, 5.41) is 7.28. The fourth-order valence-electron chi connectivity index (χ4n) is 4.02. The van der Waals surface area contributed by atoms with E-state index in [4.69, 9.17) is 0 Å². The number of guanidine groups is 1. The Labute approximate surface area is 176 Å². The lowest BCUT2D eigenvalue weighted by molar-refractivity contribution is 0.187. The quantitative estimate of drug-likeness (QED) is 0.391. The van der Waals surface area contributed by atoms with Crippen molar-refractivity contribution in [1.82, 2.24) is 15.5 Å². The summed E-state index contributed by atoms with van der Waals surface area (Å²) < 4.78 is 0. The average molecular weight is 470 g/mol. The first kappa shape index (κ1) is 21.5. The van der Waals surface area contributed by atoms with Gasteiger partial charge in [-0.15, -0.1) is 24.0 Å². The zero-order valence-corrected chi connectivity index (χ0v) is 19.0. The van der Waals surface area contributed by atoms with Crippen molar-refractivity contribution >= 4 is 29.9 Å². The van der Waals surface area contributed by atoms with Crippen molar-refractivity contribution < 1.29 is 0 Å². The summed E-state index contributed by atoms with van der Waals surface area (Å²) >= 11 is 0. The average Bonchev–Trinajstić information content (AvgIpc) is 3.35. The SMILES string of the molecule is CN=C(NC1CCN(CC(C)C)CC1)NC1CC1c1ccccc1C.I. The van der Waals surface area contributed by atoms with Crippen molar-refractivity contribution in [3.05, 3.63) is 35.4 Å². The highest BCUT2D eigenvalue weighted by molar-refractivity contribution is 14.0. The third-order valence-electron chi connectivity index (χ3n) is 5.48. The predicted octanol–water partition coefficient (Wildman–Crippen LogP) is 3.75. The molecule has 1 aromatic carbocycles. The zero-order chi connectivity index (χ0) is 17.8. The first-order valence-corrected chi connectivity index (χ1v) is 9.84. The van der Waals surface area contributed by atoms with E-state index in [1.54, 1.807) is 0 Å². The van der Waals surface area contributed by atoms with Gasteiger partial charge in [0.25, 0.3) is 0 Å². The van der Waals surface area contributed by atoms with Crippen molar-refractivity contribution in [3.8, 4) is 0 Å². The van der Waals surface area contributed by atoms with Crippen molar-refractivity contribution in [1.29, 1.82) is 0 Å². The van der Waals surface area contributed by atoms with E-state index in [2.05, 4.69) is 65.6 Å². The monoisotopic (exact) mass is 470 g/mol. The summed E-state index contributed by atoms with van der Waals surface area (Å²) in [6.45, 7) is 10.4. The van der Waals surface area contributed by atoms with Crippen LogP contribution in [-0.4, -0.2) is 49.6 Å². The molecule has 4 nitrogen and oxygen atoms in total. The van der Waals surface area contributed by atoms with E-state index in [9.17, 15) is 0 Å². The highest BCUT2D eigenvalue weighted by Gasteiger charge is 2.39. The smallest absolute Gasteiger partial charge is 0.191 e. The van der Waals surface area contributed by atoms with Crippen LogP contribution in [0.15, 0.2) is 29.3 Å². The van der Waals surface area contributed by atoms with Crippen molar-refractivity contribution in [2.45, 2.75) is 58.0 Å². The summed E-state index contributed by atoms with van der Waals surface area (Å²) in [7, 11) is 1.88. The molecule has 5 heteroatoms. The topological polar surface area (TPSA) is 39.7 Å². The minimum Gasteiger partial charge on any atom is -0.354 e. The van der Waals surface area contributed by atoms with E-state index in [0.29, 0.717) is 18.0 Å². The normalized spacial score (nSPS) is 24.3. The number of likely N-dealkylation sites (tertiary alicyclic amines) is 1. The number of benzene rings is 1. The van der Waals surface area contributed by atoms with Gasteiger partial charge in [0.15, 0.2) is 5.96 Å². The van der Waals surface area contributed by atoms with Crippen LogP contribution in [-0.2, 0) is 0 Å². The van der Waals surface area contributed by atoms with Crippen molar-refractivity contribution in [3.63, 3.8) is 0 Å². The lowest BCUT2D eigenvalue weighted by atomic mass is 10.0. The Morgan fingerprint density at radius 2 is 1.88 bits per heavy atom. The second kappa shape index (κ2) is 9.93. The Hall–Kier alpha value is -0.820. The summed E-state index contributed by atoms with van der Waals surface area (Å²) in [5.74, 6) is 2.36. The van der Waals surface area contributed by atoms with Gasteiger partial charge in [-0.25, -0.2) is 0 Å². The number of hydrogen-bond donors (Lipinski definition) is 2. The first-order chi connectivity index (χ1) is 12.1. The molecule has 26 heavy (non-hydrogen) atoms. The van der Waals surface area contributed by atoms with Crippen LogP contribution >= 0.6 is 24.0 Å². The van der Waals surface area contributed by atoms with Gasteiger partial charge in [-0.05, 0) is 43.2 Å². The fraction of sp³-hybridized carbons (Fsp3) is 0.667. The zero-order valence-electron chi connectivity index (χ0n) is 16.7. The third-order valence-corrected chi connectivity index (χ3v) is 5.48. The Kier molecular flexibility index (Phi) is 8.20.